The molecule has 92 valence electrons. The summed E-state index contributed by atoms with van der Waals surface area (Å²) in [6, 6.07) is 8.28. The summed E-state index contributed by atoms with van der Waals surface area (Å²) in [6.07, 6.45) is 3.90. The third-order valence-corrected chi connectivity index (χ3v) is 3.81. The van der Waals surface area contributed by atoms with Crippen molar-refractivity contribution >= 4 is 29.0 Å². The normalized spacial score (nSPS) is 21.7. The molecule has 1 aromatic carbocycles. The van der Waals surface area contributed by atoms with Crippen molar-refractivity contribution in [3.63, 3.8) is 0 Å². The zero-order chi connectivity index (χ0) is 12.5. The van der Waals surface area contributed by atoms with Gasteiger partial charge in [0.2, 0.25) is 0 Å². The van der Waals surface area contributed by atoms with Crippen LogP contribution in [0.5, 0.6) is 0 Å². The van der Waals surface area contributed by atoms with Gasteiger partial charge in [-0.3, -0.25) is 0 Å². The molecule has 2 aromatic rings. The highest BCUT2D eigenvalue weighted by Gasteiger charge is 2.31. The van der Waals surface area contributed by atoms with Crippen molar-refractivity contribution in [2.24, 2.45) is 0 Å². The van der Waals surface area contributed by atoms with Crippen molar-refractivity contribution in [2.45, 2.75) is 17.8 Å². The lowest BCUT2D eigenvalue weighted by molar-refractivity contribution is 0.766. The quantitative estimate of drug-likeness (QED) is 0.856. The highest BCUT2D eigenvalue weighted by Crippen LogP contribution is 2.37. The highest BCUT2D eigenvalue weighted by atomic mass is 35.5. The van der Waals surface area contributed by atoms with E-state index in [1.165, 1.54) is 17.5 Å². The Morgan fingerprint density at radius 3 is 2.94 bits per heavy atom. The fourth-order valence-electron chi connectivity index (χ4n) is 2.28. The second-order valence-corrected chi connectivity index (χ2v) is 5.23. The molecule has 2 atom stereocenters. The van der Waals surface area contributed by atoms with Gasteiger partial charge in [0.25, 0.3) is 0 Å². The van der Waals surface area contributed by atoms with Gasteiger partial charge in [0, 0.05) is 0 Å². The molecule has 0 saturated carbocycles. The first-order chi connectivity index (χ1) is 8.75. The molecule has 1 heterocycles. The maximum atomic E-state index is 6.40. The SMILES string of the molecule is Clc1cncnc1NC1c2ccccc2CC1Cl. The largest absolute Gasteiger partial charge is 0.360 e. The van der Waals surface area contributed by atoms with Crippen LogP contribution in [0.3, 0.4) is 0 Å². The highest BCUT2D eigenvalue weighted by molar-refractivity contribution is 6.32. The predicted octanol–water partition coefficient (Wildman–Crippen LogP) is 3.45. The third-order valence-electron chi connectivity index (χ3n) is 3.13. The number of fused-ring (bicyclic) bond motifs is 1. The van der Waals surface area contributed by atoms with Crippen LogP contribution in [0.25, 0.3) is 0 Å². The van der Waals surface area contributed by atoms with Crippen LogP contribution in [0.15, 0.2) is 36.8 Å². The predicted molar refractivity (Wildman–Crippen MR) is 73.2 cm³/mol. The van der Waals surface area contributed by atoms with Crippen LogP contribution in [-0.4, -0.2) is 15.3 Å². The zero-order valence-electron chi connectivity index (χ0n) is 9.48. The molecule has 0 radical (unpaired) electrons. The van der Waals surface area contributed by atoms with Crippen molar-refractivity contribution < 1.29 is 0 Å². The number of anilines is 1. The number of nitrogens with zero attached hydrogens (tertiary/aromatic N) is 2. The first kappa shape index (κ1) is 11.8. The van der Waals surface area contributed by atoms with E-state index in [9.17, 15) is 0 Å². The summed E-state index contributed by atoms with van der Waals surface area (Å²) in [5.41, 5.74) is 2.49. The van der Waals surface area contributed by atoms with E-state index in [4.69, 9.17) is 23.2 Å². The maximum Gasteiger partial charge on any atom is 0.148 e. The molecular formula is C13H11Cl2N3. The molecule has 1 N–H and O–H groups in total. The summed E-state index contributed by atoms with van der Waals surface area (Å²) in [4.78, 5) is 8.00. The average molecular weight is 280 g/mol. The summed E-state index contributed by atoms with van der Waals surface area (Å²) in [6.45, 7) is 0. The summed E-state index contributed by atoms with van der Waals surface area (Å²) in [5.74, 6) is 0.624. The second-order valence-electron chi connectivity index (χ2n) is 4.26. The van der Waals surface area contributed by atoms with Crippen LogP contribution in [-0.2, 0) is 6.42 Å². The lowest BCUT2D eigenvalue weighted by Gasteiger charge is -2.18. The smallest absolute Gasteiger partial charge is 0.148 e. The van der Waals surface area contributed by atoms with Gasteiger partial charge >= 0.3 is 0 Å². The van der Waals surface area contributed by atoms with Crippen LogP contribution >= 0.6 is 23.2 Å². The molecule has 18 heavy (non-hydrogen) atoms. The van der Waals surface area contributed by atoms with Crippen molar-refractivity contribution in [1.82, 2.24) is 9.97 Å². The van der Waals surface area contributed by atoms with Crippen LogP contribution < -0.4 is 5.32 Å². The zero-order valence-corrected chi connectivity index (χ0v) is 11.0. The first-order valence-electron chi connectivity index (χ1n) is 5.69. The lowest BCUT2D eigenvalue weighted by atomic mass is 10.1. The minimum atomic E-state index is 0.00781. The molecule has 0 amide bonds. The van der Waals surface area contributed by atoms with Crippen molar-refractivity contribution in [3.05, 3.63) is 52.9 Å². The number of alkyl halides is 1. The number of hydrogen-bond donors (Lipinski definition) is 1. The summed E-state index contributed by atoms with van der Waals surface area (Å²) in [5, 5.41) is 3.81. The standard InChI is InChI=1S/C13H11Cl2N3/c14-10-5-8-3-1-2-4-9(8)12(10)18-13-11(15)6-16-7-17-13/h1-4,6-7,10,12H,5H2,(H,16,17,18). The molecule has 2 unspecified atom stereocenters. The van der Waals surface area contributed by atoms with Gasteiger partial charge in [-0.05, 0) is 17.5 Å². The lowest BCUT2D eigenvalue weighted by Crippen LogP contribution is -2.17. The second kappa shape index (κ2) is 4.75. The maximum absolute atomic E-state index is 6.40. The number of halogens is 2. The molecule has 5 heteroatoms. The molecular weight excluding hydrogens is 269 g/mol. The van der Waals surface area contributed by atoms with E-state index in [0.717, 1.165) is 6.42 Å². The molecule has 0 aliphatic heterocycles. The van der Waals surface area contributed by atoms with Crippen molar-refractivity contribution in [2.75, 3.05) is 5.32 Å². The molecule has 3 rings (SSSR count). The van der Waals surface area contributed by atoms with Crippen molar-refractivity contribution in [1.29, 1.82) is 0 Å². The van der Waals surface area contributed by atoms with E-state index in [1.54, 1.807) is 6.20 Å². The molecule has 3 nitrogen and oxygen atoms in total. The Balaban J connectivity index is 1.92. The van der Waals surface area contributed by atoms with E-state index in [0.29, 0.717) is 10.8 Å². The van der Waals surface area contributed by atoms with Crippen LogP contribution in [0.4, 0.5) is 5.82 Å². The van der Waals surface area contributed by atoms with Crippen LogP contribution in [0.1, 0.15) is 17.2 Å². The van der Waals surface area contributed by atoms with E-state index in [2.05, 4.69) is 27.4 Å². The van der Waals surface area contributed by atoms with Crippen molar-refractivity contribution in [3.8, 4) is 0 Å². The summed E-state index contributed by atoms with van der Waals surface area (Å²) < 4.78 is 0. The van der Waals surface area contributed by atoms with Crippen LogP contribution in [0, 0.1) is 0 Å². The fraction of sp³-hybridized carbons (Fsp3) is 0.231. The van der Waals surface area contributed by atoms with E-state index < -0.39 is 0 Å². The van der Waals surface area contributed by atoms with E-state index in [1.807, 2.05) is 12.1 Å². The fourth-order valence-corrected chi connectivity index (χ4v) is 2.81. The first-order valence-corrected chi connectivity index (χ1v) is 6.51. The van der Waals surface area contributed by atoms with Crippen LogP contribution in [0.2, 0.25) is 5.02 Å². The Morgan fingerprint density at radius 2 is 2.11 bits per heavy atom. The number of nitrogens with one attached hydrogen (secondary N) is 1. The Bertz CT molecular complexity index is 574. The Kier molecular flexibility index (Phi) is 3.10. The van der Waals surface area contributed by atoms with Gasteiger partial charge in [-0.1, -0.05) is 35.9 Å². The van der Waals surface area contributed by atoms with Gasteiger partial charge in [0.05, 0.1) is 17.6 Å². The molecule has 0 saturated heterocycles. The van der Waals surface area contributed by atoms with E-state index in [-0.39, 0.29) is 11.4 Å². The molecule has 0 spiro atoms. The number of benzene rings is 1. The molecule has 1 aromatic heterocycles. The van der Waals surface area contributed by atoms with Gasteiger partial charge in [-0.15, -0.1) is 11.6 Å². The number of hydrogen-bond acceptors (Lipinski definition) is 3. The minimum absolute atomic E-state index is 0.00781. The average Bonchev–Trinajstić information content (AvgIpc) is 2.69. The summed E-state index contributed by atoms with van der Waals surface area (Å²) in [7, 11) is 0. The van der Waals surface area contributed by atoms with Gasteiger partial charge in [0.1, 0.15) is 17.2 Å². The molecule has 0 fully saturated rings. The molecule has 1 aliphatic rings. The number of rotatable bonds is 2. The Labute approximate surface area is 115 Å². The minimum Gasteiger partial charge on any atom is -0.360 e. The molecule has 0 bridgehead atoms. The van der Waals surface area contributed by atoms with Gasteiger partial charge in [-0.25, -0.2) is 9.97 Å². The number of aromatic nitrogens is 2. The van der Waals surface area contributed by atoms with Gasteiger partial charge in [0.15, 0.2) is 0 Å². The molecule has 1 aliphatic carbocycles. The van der Waals surface area contributed by atoms with E-state index >= 15 is 0 Å². The topological polar surface area (TPSA) is 37.8 Å². The van der Waals surface area contributed by atoms with Gasteiger partial charge < -0.3 is 5.32 Å². The monoisotopic (exact) mass is 279 g/mol. The Morgan fingerprint density at radius 1 is 1.28 bits per heavy atom. The van der Waals surface area contributed by atoms with Gasteiger partial charge in [-0.2, -0.15) is 0 Å². The third kappa shape index (κ3) is 2.04. The summed E-state index contributed by atoms with van der Waals surface area (Å²) >= 11 is 12.4. The Hall–Kier alpha value is -1.32.